The molecule has 0 radical (unpaired) electrons. The highest BCUT2D eigenvalue weighted by Crippen LogP contribution is 2.47. The van der Waals surface area contributed by atoms with E-state index in [1.165, 1.54) is 0 Å². The molecule has 120 valence electrons. The Labute approximate surface area is 130 Å². The summed E-state index contributed by atoms with van der Waals surface area (Å²) in [5.41, 5.74) is -0.288. The largest absolute Gasteiger partial charge is 0.480 e. The van der Waals surface area contributed by atoms with Crippen molar-refractivity contribution >= 4 is 12.1 Å². The molecular formula is C17H23NO4. The van der Waals surface area contributed by atoms with E-state index in [4.69, 9.17) is 4.74 Å². The molecular weight excluding hydrogens is 282 g/mol. The number of alkyl carbamates (subject to hydrolysis) is 1. The van der Waals surface area contributed by atoms with E-state index in [1.54, 1.807) is 0 Å². The molecule has 0 spiro atoms. The lowest BCUT2D eigenvalue weighted by Gasteiger charge is -2.49. The van der Waals surface area contributed by atoms with Crippen LogP contribution in [0.1, 0.15) is 39.2 Å². The van der Waals surface area contributed by atoms with Gasteiger partial charge in [-0.2, -0.15) is 0 Å². The van der Waals surface area contributed by atoms with Gasteiger partial charge in [0, 0.05) is 0 Å². The van der Waals surface area contributed by atoms with Crippen LogP contribution < -0.4 is 5.32 Å². The normalized spacial score (nSPS) is 24.2. The van der Waals surface area contributed by atoms with Crippen molar-refractivity contribution in [1.29, 1.82) is 0 Å². The highest BCUT2D eigenvalue weighted by atomic mass is 16.5. The Bertz CT molecular complexity index is 542. The smallest absolute Gasteiger partial charge is 0.408 e. The molecule has 1 aliphatic rings. The molecule has 0 saturated heterocycles. The molecule has 2 N–H and O–H groups in total. The van der Waals surface area contributed by atoms with Crippen LogP contribution in [0.5, 0.6) is 0 Å². The summed E-state index contributed by atoms with van der Waals surface area (Å²) in [7, 11) is 0. The average Bonchev–Trinajstić information content (AvgIpc) is 2.39. The average molecular weight is 305 g/mol. The lowest BCUT2D eigenvalue weighted by molar-refractivity contribution is -0.153. The van der Waals surface area contributed by atoms with Gasteiger partial charge >= 0.3 is 12.1 Å². The molecule has 22 heavy (non-hydrogen) atoms. The molecule has 5 nitrogen and oxygen atoms in total. The van der Waals surface area contributed by atoms with Crippen molar-refractivity contribution in [3.8, 4) is 0 Å². The first-order chi connectivity index (χ1) is 10.2. The van der Waals surface area contributed by atoms with Crippen LogP contribution in [0.4, 0.5) is 4.79 Å². The van der Waals surface area contributed by atoms with Gasteiger partial charge in [-0.1, -0.05) is 51.1 Å². The SMILES string of the molecule is CC(C)(C)C1CC(NC(=O)OCc2ccccc2)(C(=O)O)C1. The van der Waals surface area contributed by atoms with E-state index >= 15 is 0 Å². The van der Waals surface area contributed by atoms with Gasteiger partial charge in [0.25, 0.3) is 0 Å². The van der Waals surface area contributed by atoms with Crippen LogP contribution >= 0.6 is 0 Å². The van der Waals surface area contributed by atoms with Gasteiger partial charge in [-0.3, -0.25) is 0 Å². The summed E-state index contributed by atoms with van der Waals surface area (Å²) in [6.07, 6.45) is 0.192. The first kappa shape index (κ1) is 16.3. The summed E-state index contributed by atoms with van der Waals surface area (Å²) in [6, 6.07) is 9.28. The third-order valence-corrected chi connectivity index (χ3v) is 4.38. The minimum Gasteiger partial charge on any atom is -0.480 e. The van der Waals surface area contributed by atoms with Crippen molar-refractivity contribution in [2.45, 2.75) is 45.8 Å². The van der Waals surface area contributed by atoms with Gasteiger partial charge in [0.05, 0.1) is 0 Å². The Balaban J connectivity index is 1.90. The van der Waals surface area contributed by atoms with Crippen molar-refractivity contribution in [2.24, 2.45) is 11.3 Å². The molecule has 1 aliphatic carbocycles. The number of rotatable bonds is 4. The molecule has 5 heteroatoms. The van der Waals surface area contributed by atoms with Gasteiger partial charge in [-0.05, 0) is 29.7 Å². The zero-order chi connectivity index (χ0) is 16.4. The summed E-state index contributed by atoms with van der Waals surface area (Å²) in [5.74, 6) is -0.720. The fourth-order valence-corrected chi connectivity index (χ4v) is 2.68. The molecule has 2 rings (SSSR count). The van der Waals surface area contributed by atoms with Crippen LogP contribution in [-0.4, -0.2) is 22.7 Å². The second-order valence-corrected chi connectivity index (χ2v) is 7.05. The number of carboxylic acids is 1. The van der Waals surface area contributed by atoms with Gasteiger partial charge in [0.15, 0.2) is 0 Å². The van der Waals surface area contributed by atoms with Crippen LogP contribution in [0.15, 0.2) is 30.3 Å². The van der Waals surface area contributed by atoms with E-state index in [1.807, 2.05) is 30.3 Å². The number of carbonyl (C=O) groups is 2. The zero-order valence-corrected chi connectivity index (χ0v) is 13.3. The Morgan fingerprint density at radius 1 is 1.27 bits per heavy atom. The molecule has 0 heterocycles. The van der Waals surface area contributed by atoms with E-state index in [0.717, 1.165) is 5.56 Å². The quantitative estimate of drug-likeness (QED) is 0.895. The molecule has 0 aliphatic heterocycles. The summed E-state index contributed by atoms with van der Waals surface area (Å²) < 4.78 is 5.12. The number of carboxylic acid groups (broad SMARTS) is 1. The summed E-state index contributed by atoms with van der Waals surface area (Å²) in [5, 5.41) is 12.0. The minimum atomic E-state index is -1.19. The lowest BCUT2D eigenvalue weighted by atomic mass is 9.59. The fraction of sp³-hybridized carbons (Fsp3) is 0.529. The number of ether oxygens (including phenoxy) is 1. The highest BCUT2D eigenvalue weighted by molar-refractivity contribution is 5.85. The van der Waals surface area contributed by atoms with E-state index < -0.39 is 17.6 Å². The minimum absolute atomic E-state index is 0.0363. The monoisotopic (exact) mass is 305 g/mol. The van der Waals surface area contributed by atoms with Crippen molar-refractivity contribution in [3.05, 3.63) is 35.9 Å². The third kappa shape index (κ3) is 3.59. The second-order valence-electron chi connectivity index (χ2n) is 7.05. The molecule has 0 atom stereocenters. The Kier molecular flexibility index (Phi) is 4.44. The lowest BCUT2D eigenvalue weighted by Crippen LogP contribution is -2.64. The van der Waals surface area contributed by atoms with Crippen molar-refractivity contribution in [3.63, 3.8) is 0 Å². The molecule has 0 aromatic heterocycles. The number of amides is 1. The highest BCUT2D eigenvalue weighted by Gasteiger charge is 2.54. The summed E-state index contributed by atoms with van der Waals surface area (Å²) >= 11 is 0. The summed E-state index contributed by atoms with van der Waals surface area (Å²) in [4.78, 5) is 23.4. The first-order valence-corrected chi connectivity index (χ1v) is 7.45. The standard InChI is InChI=1S/C17H23NO4/c1-16(2,3)13-9-17(10-13,14(19)20)18-15(21)22-11-12-7-5-4-6-8-12/h4-8,13H,9-11H2,1-3H3,(H,18,21)(H,19,20). The predicted molar refractivity (Wildman–Crippen MR) is 82.3 cm³/mol. The van der Waals surface area contributed by atoms with Crippen LogP contribution in [-0.2, 0) is 16.1 Å². The maximum atomic E-state index is 11.9. The predicted octanol–water partition coefficient (Wildman–Crippen LogP) is 3.19. The molecule has 1 aromatic rings. The molecule has 1 fully saturated rings. The van der Waals surface area contributed by atoms with Crippen LogP contribution in [0.2, 0.25) is 0 Å². The van der Waals surface area contributed by atoms with Crippen molar-refractivity contribution < 1.29 is 19.4 Å². The van der Waals surface area contributed by atoms with Gasteiger partial charge in [0.1, 0.15) is 12.1 Å². The number of carbonyl (C=O) groups excluding carboxylic acids is 1. The van der Waals surface area contributed by atoms with Gasteiger partial charge in [-0.15, -0.1) is 0 Å². The Hall–Kier alpha value is -2.04. The fourth-order valence-electron chi connectivity index (χ4n) is 2.68. The topological polar surface area (TPSA) is 75.6 Å². The van der Waals surface area contributed by atoms with Gasteiger partial charge in [-0.25, -0.2) is 9.59 Å². The first-order valence-electron chi connectivity index (χ1n) is 7.45. The van der Waals surface area contributed by atoms with Crippen LogP contribution in [0.25, 0.3) is 0 Å². The van der Waals surface area contributed by atoms with Crippen LogP contribution in [0, 0.1) is 11.3 Å². The van der Waals surface area contributed by atoms with Crippen molar-refractivity contribution in [1.82, 2.24) is 5.32 Å². The second kappa shape index (κ2) is 5.99. The number of hydrogen-bond donors (Lipinski definition) is 2. The van der Waals surface area contributed by atoms with Gasteiger partial charge < -0.3 is 15.2 Å². The number of aliphatic carboxylic acids is 1. The van der Waals surface area contributed by atoms with E-state index in [2.05, 4.69) is 26.1 Å². The number of benzene rings is 1. The zero-order valence-electron chi connectivity index (χ0n) is 13.3. The maximum Gasteiger partial charge on any atom is 0.408 e. The molecule has 1 aromatic carbocycles. The van der Waals surface area contributed by atoms with E-state index in [-0.39, 0.29) is 17.9 Å². The molecule has 1 amide bonds. The van der Waals surface area contributed by atoms with E-state index in [0.29, 0.717) is 12.8 Å². The molecule has 0 unspecified atom stereocenters. The molecule has 0 bridgehead atoms. The number of hydrogen-bond acceptors (Lipinski definition) is 3. The molecule has 1 saturated carbocycles. The van der Waals surface area contributed by atoms with Crippen molar-refractivity contribution in [2.75, 3.05) is 0 Å². The summed E-state index contributed by atoms with van der Waals surface area (Å²) in [6.45, 7) is 6.37. The van der Waals surface area contributed by atoms with E-state index in [9.17, 15) is 14.7 Å². The number of nitrogens with one attached hydrogen (secondary N) is 1. The third-order valence-electron chi connectivity index (χ3n) is 4.38. The Morgan fingerprint density at radius 2 is 1.86 bits per heavy atom. The Morgan fingerprint density at radius 3 is 2.36 bits per heavy atom. The van der Waals surface area contributed by atoms with Crippen LogP contribution in [0.3, 0.4) is 0 Å². The maximum absolute atomic E-state index is 11.9. The van der Waals surface area contributed by atoms with Gasteiger partial charge in [0.2, 0.25) is 0 Å².